The lowest BCUT2D eigenvalue weighted by atomic mass is 10.3. The van der Waals surface area contributed by atoms with Crippen LogP contribution < -0.4 is 10.6 Å². The van der Waals surface area contributed by atoms with E-state index in [9.17, 15) is 4.79 Å². The number of nitrogens with zero attached hydrogens (tertiary/aromatic N) is 3. The Hall–Kier alpha value is -1.63. The quantitative estimate of drug-likeness (QED) is 0.790. The van der Waals surface area contributed by atoms with Crippen molar-refractivity contribution in [3.8, 4) is 0 Å². The van der Waals surface area contributed by atoms with Crippen molar-refractivity contribution in [1.82, 2.24) is 19.7 Å². The van der Waals surface area contributed by atoms with Gasteiger partial charge in [0.05, 0.1) is 0 Å². The SMILES string of the molecule is O=C(CCCNc1nc(Br)cn2ccnc12)NC1CC1. The van der Waals surface area contributed by atoms with E-state index in [2.05, 4.69) is 36.5 Å². The fourth-order valence-corrected chi connectivity index (χ4v) is 2.40. The number of imidazole rings is 1. The first-order valence-electron chi connectivity index (χ1n) is 6.75. The molecule has 7 heteroatoms. The second kappa shape index (κ2) is 5.78. The Kier molecular flexibility index (Phi) is 3.86. The number of hydrogen-bond acceptors (Lipinski definition) is 4. The summed E-state index contributed by atoms with van der Waals surface area (Å²) in [6, 6.07) is 0.437. The van der Waals surface area contributed by atoms with Crippen molar-refractivity contribution in [2.45, 2.75) is 31.7 Å². The van der Waals surface area contributed by atoms with Crippen molar-refractivity contribution in [3.63, 3.8) is 0 Å². The fraction of sp³-hybridized carbons (Fsp3) is 0.462. The number of amides is 1. The molecule has 6 nitrogen and oxygen atoms in total. The normalized spacial score (nSPS) is 14.4. The summed E-state index contributed by atoms with van der Waals surface area (Å²) < 4.78 is 2.65. The first kappa shape index (κ1) is 13.4. The maximum Gasteiger partial charge on any atom is 0.220 e. The number of fused-ring (bicyclic) bond motifs is 1. The molecule has 0 aromatic carbocycles. The lowest BCUT2D eigenvalue weighted by Crippen LogP contribution is -2.25. The van der Waals surface area contributed by atoms with Crippen LogP contribution >= 0.6 is 15.9 Å². The maximum atomic E-state index is 11.6. The summed E-state index contributed by atoms with van der Waals surface area (Å²) in [5.74, 6) is 0.870. The molecule has 2 heterocycles. The number of anilines is 1. The number of carbonyl (C=O) groups is 1. The van der Waals surface area contributed by atoms with Crippen molar-refractivity contribution in [2.24, 2.45) is 0 Å². The Bertz CT molecular complexity index is 622. The lowest BCUT2D eigenvalue weighted by molar-refractivity contribution is -0.121. The molecule has 1 saturated carbocycles. The first-order valence-corrected chi connectivity index (χ1v) is 7.54. The minimum absolute atomic E-state index is 0.141. The maximum absolute atomic E-state index is 11.6. The molecule has 0 saturated heterocycles. The average Bonchev–Trinajstić information content (AvgIpc) is 3.09. The fourth-order valence-electron chi connectivity index (χ4n) is 2.00. The molecule has 0 radical (unpaired) electrons. The van der Waals surface area contributed by atoms with Crippen LogP contribution in [0.5, 0.6) is 0 Å². The van der Waals surface area contributed by atoms with E-state index in [1.165, 1.54) is 0 Å². The third-order valence-electron chi connectivity index (χ3n) is 3.16. The van der Waals surface area contributed by atoms with Gasteiger partial charge in [0.25, 0.3) is 0 Å². The summed E-state index contributed by atoms with van der Waals surface area (Å²) in [6.07, 6.45) is 9.04. The van der Waals surface area contributed by atoms with E-state index >= 15 is 0 Å². The Morgan fingerprint density at radius 2 is 2.35 bits per heavy atom. The molecule has 0 aliphatic heterocycles. The van der Waals surface area contributed by atoms with E-state index in [0.29, 0.717) is 19.0 Å². The molecule has 0 atom stereocenters. The zero-order chi connectivity index (χ0) is 13.9. The van der Waals surface area contributed by atoms with Crippen LogP contribution in [-0.4, -0.2) is 32.9 Å². The van der Waals surface area contributed by atoms with E-state index in [1.54, 1.807) is 6.20 Å². The summed E-state index contributed by atoms with van der Waals surface area (Å²) in [5.41, 5.74) is 0.788. The Morgan fingerprint density at radius 3 is 3.15 bits per heavy atom. The van der Waals surface area contributed by atoms with Crippen LogP contribution in [-0.2, 0) is 4.79 Å². The molecule has 106 valence electrons. The zero-order valence-electron chi connectivity index (χ0n) is 11.0. The molecular formula is C13H16BrN5O. The van der Waals surface area contributed by atoms with Gasteiger partial charge in [-0.3, -0.25) is 4.79 Å². The summed E-state index contributed by atoms with van der Waals surface area (Å²) >= 11 is 3.37. The molecule has 2 N–H and O–H groups in total. The topological polar surface area (TPSA) is 71.3 Å². The van der Waals surface area contributed by atoms with E-state index in [-0.39, 0.29) is 5.91 Å². The van der Waals surface area contributed by atoms with Gasteiger partial charge < -0.3 is 15.0 Å². The number of rotatable bonds is 6. The highest BCUT2D eigenvalue weighted by Crippen LogP contribution is 2.19. The van der Waals surface area contributed by atoms with Crippen LogP contribution in [0, 0.1) is 0 Å². The van der Waals surface area contributed by atoms with Gasteiger partial charge in [0.15, 0.2) is 11.5 Å². The molecule has 1 fully saturated rings. The first-order chi connectivity index (χ1) is 9.72. The number of hydrogen-bond donors (Lipinski definition) is 2. The van der Waals surface area contributed by atoms with Crippen LogP contribution in [0.15, 0.2) is 23.2 Å². The molecule has 3 rings (SSSR count). The summed E-state index contributed by atoms with van der Waals surface area (Å²) in [4.78, 5) is 20.2. The molecule has 0 bridgehead atoms. The standard InChI is InChI=1S/C13H16BrN5O/c14-10-8-19-7-6-16-13(19)12(18-10)15-5-1-2-11(20)17-9-3-4-9/h6-9H,1-5H2,(H,15,18)(H,17,20). The zero-order valence-corrected chi connectivity index (χ0v) is 12.6. The van der Waals surface area contributed by atoms with Crippen molar-refractivity contribution in [1.29, 1.82) is 0 Å². The van der Waals surface area contributed by atoms with E-state index in [1.807, 2.05) is 16.8 Å². The average molecular weight is 338 g/mol. The number of halogens is 1. The van der Waals surface area contributed by atoms with Gasteiger partial charge in [-0.05, 0) is 35.2 Å². The van der Waals surface area contributed by atoms with E-state index < -0.39 is 0 Å². The smallest absolute Gasteiger partial charge is 0.220 e. The van der Waals surface area contributed by atoms with Crippen LogP contribution in [0.2, 0.25) is 0 Å². The van der Waals surface area contributed by atoms with Gasteiger partial charge in [0.2, 0.25) is 5.91 Å². The highest BCUT2D eigenvalue weighted by molar-refractivity contribution is 9.10. The Labute approximate surface area is 125 Å². The highest BCUT2D eigenvalue weighted by atomic mass is 79.9. The van der Waals surface area contributed by atoms with Gasteiger partial charge in [-0.15, -0.1) is 0 Å². The molecule has 0 unspecified atom stereocenters. The molecule has 2 aromatic heterocycles. The number of carbonyl (C=O) groups excluding carboxylic acids is 1. The number of aromatic nitrogens is 3. The van der Waals surface area contributed by atoms with Crippen LogP contribution in [0.1, 0.15) is 25.7 Å². The van der Waals surface area contributed by atoms with Gasteiger partial charge >= 0.3 is 0 Å². The van der Waals surface area contributed by atoms with Gasteiger partial charge in [0, 0.05) is 37.6 Å². The second-order valence-corrected chi connectivity index (χ2v) is 5.75. The summed E-state index contributed by atoms with van der Waals surface area (Å²) in [6.45, 7) is 0.698. The van der Waals surface area contributed by atoms with Crippen LogP contribution in [0.25, 0.3) is 5.65 Å². The monoisotopic (exact) mass is 337 g/mol. The van der Waals surface area contributed by atoms with Crippen molar-refractivity contribution >= 4 is 33.3 Å². The summed E-state index contributed by atoms with van der Waals surface area (Å²) in [7, 11) is 0. The highest BCUT2D eigenvalue weighted by Gasteiger charge is 2.22. The molecule has 1 aliphatic rings. The lowest BCUT2D eigenvalue weighted by Gasteiger charge is -2.07. The molecular weight excluding hydrogens is 322 g/mol. The van der Waals surface area contributed by atoms with E-state index in [0.717, 1.165) is 35.3 Å². The van der Waals surface area contributed by atoms with Gasteiger partial charge in [-0.1, -0.05) is 0 Å². The summed E-state index contributed by atoms with van der Waals surface area (Å²) in [5, 5.41) is 6.22. The van der Waals surface area contributed by atoms with Gasteiger partial charge in [0.1, 0.15) is 4.60 Å². The molecule has 1 amide bonds. The van der Waals surface area contributed by atoms with Crippen LogP contribution in [0.4, 0.5) is 5.82 Å². The van der Waals surface area contributed by atoms with Gasteiger partial charge in [-0.25, -0.2) is 9.97 Å². The largest absolute Gasteiger partial charge is 0.367 e. The minimum atomic E-state index is 0.141. The predicted molar refractivity (Wildman–Crippen MR) is 79.6 cm³/mol. The minimum Gasteiger partial charge on any atom is -0.367 e. The van der Waals surface area contributed by atoms with Gasteiger partial charge in [-0.2, -0.15) is 0 Å². The number of nitrogens with one attached hydrogen (secondary N) is 2. The van der Waals surface area contributed by atoms with Crippen LogP contribution in [0.3, 0.4) is 0 Å². The van der Waals surface area contributed by atoms with Crippen molar-refractivity contribution in [2.75, 3.05) is 11.9 Å². The second-order valence-electron chi connectivity index (χ2n) is 4.94. The molecule has 0 spiro atoms. The third kappa shape index (κ3) is 3.27. The molecule has 2 aromatic rings. The third-order valence-corrected chi connectivity index (χ3v) is 3.54. The Balaban J connectivity index is 1.51. The van der Waals surface area contributed by atoms with Crippen molar-refractivity contribution < 1.29 is 4.79 Å². The van der Waals surface area contributed by atoms with E-state index in [4.69, 9.17) is 0 Å². The predicted octanol–water partition coefficient (Wildman–Crippen LogP) is 1.96. The Morgan fingerprint density at radius 1 is 1.50 bits per heavy atom. The molecule has 20 heavy (non-hydrogen) atoms. The van der Waals surface area contributed by atoms with Crippen molar-refractivity contribution in [3.05, 3.63) is 23.2 Å². The molecule has 1 aliphatic carbocycles.